The fourth-order valence-corrected chi connectivity index (χ4v) is 4.24. The minimum Gasteiger partial charge on any atom is -0.299 e. The van der Waals surface area contributed by atoms with Gasteiger partial charge in [-0.3, -0.25) is 4.90 Å². The number of benzene rings is 1. The molecule has 2 rings (SSSR count). The minimum absolute atomic E-state index is 0.241. The van der Waals surface area contributed by atoms with E-state index in [4.69, 9.17) is 0 Å². The van der Waals surface area contributed by atoms with E-state index in [1.165, 1.54) is 19.3 Å². The molecule has 1 heterocycles. The molecule has 0 bridgehead atoms. The molecule has 1 aromatic rings. The van der Waals surface area contributed by atoms with Crippen molar-refractivity contribution in [3.8, 4) is 0 Å². The highest BCUT2D eigenvalue weighted by atomic mass is 32.2. The summed E-state index contributed by atoms with van der Waals surface area (Å²) in [5, 5.41) is 0. The molecular formula is C16H26N2O2S. The Hall–Kier alpha value is -0.910. The van der Waals surface area contributed by atoms with Gasteiger partial charge in [0.05, 0.1) is 4.90 Å². The van der Waals surface area contributed by atoms with E-state index in [9.17, 15) is 8.42 Å². The van der Waals surface area contributed by atoms with Crippen LogP contribution >= 0.6 is 0 Å². The Bertz CT molecular complexity index is 578. The van der Waals surface area contributed by atoms with Gasteiger partial charge in [0.1, 0.15) is 0 Å². The molecule has 1 aromatic carbocycles. The van der Waals surface area contributed by atoms with Gasteiger partial charge >= 0.3 is 0 Å². The van der Waals surface area contributed by atoms with Crippen LogP contribution in [0.4, 0.5) is 0 Å². The van der Waals surface area contributed by atoms with Gasteiger partial charge < -0.3 is 0 Å². The Morgan fingerprint density at radius 2 is 1.86 bits per heavy atom. The van der Waals surface area contributed by atoms with E-state index in [2.05, 4.69) is 16.5 Å². The van der Waals surface area contributed by atoms with E-state index in [1.54, 1.807) is 6.07 Å². The van der Waals surface area contributed by atoms with E-state index < -0.39 is 10.0 Å². The van der Waals surface area contributed by atoms with Crippen LogP contribution in [0.25, 0.3) is 0 Å². The summed E-state index contributed by atoms with van der Waals surface area (Å²) in [7, 11) is -3.42. The van der Waals surface area contributed by atoms with Gasteiger partial charge in [-0.05, 0) is 63.9 Å². The Balaban J connectivity index is 2.02. The molecule has 1 saturated heterocycles. The number of sulfonamides is 1. The summed E-state index contributed by atoms with van der Waals surface area (Å²) in [5.74, 6) is 0. The van der Waals surface area contributed by atoms with Gasteiger partial charge in [0.2, 0.25) is 10.0 Å². The number of hydrogen-bond acceptors (Lipinski definition) is 3. The van der Waals surface area contributed by atoms with Crippen LogP contribution in [0.2, 0.25) is 0 Å². The maximum Gasteiger partial charge on any atom is 0.240 e. The normalized spacial score (nSPS) is 18.6. The van der Waals surface area contributed by atoms with Crippen LogP contribution in [0.1, 0.15) is 37.3 Å². The second-order valence-electron chi connectivity index (χ2n) is 6.07. The van der Waals surface area contributed by atoms with Crippen molar-refractivity contribution in [3.63, 3.8) is 0 Å². The van der Waals surface area contributed by atoms with Crippen molar-refractivity contribution < 1.29 is 8.42 Å². The molecule has 1 aliphatic heterocycles. The number of nitrogens with one attached hydrogen (secondary N) is 1. The quantitative estimate of drug-likeness (QED) is 0.909. The fourth-order valence-electron chi connectivity index (χ4n) is 2.79. The third-order valence-corrected chi connectivity index (χ3v) is 5.78. The lowest BCUT2D eigenvalue weighted by Crippen LogP contribution is -2.44. The molecule has 0 saturated carbocycles. The number of hydrogen-bond donors (Lipinski definition) is 1. The van der Waals surface area contributed by atoms with Gasteiger partial charge in [0.15, 0.2) is 0 Å². The molecule has 4 nitrogen and oxygen atoms in total. The molecule has 0 spiro atoms. The summed E-state index contributed by atoms with van der Waals surface area (Å²) < 4.78 is 27.7. The lowest BCUT2D eigenvalue weighted by Gasteiger charge is -2.32. The van der Waals surface area contributed by atoms with Crippen molar-refractivity contribution in [1.29, 1.82) is 0 Å². The van der Waals surface area contributed by atoms with Crippen molar-refractivity contribution >= 4 is 10.0 Å². The fraction of sp³-hybridized carbons (Fsp3) is 0.625. The lowest BCUT2D eigenvalue weighted by atomic mass is 10.1. The number of rotatable bonds is 5. The predicted molar refractivity (Wildman–Crippen MR) is 86.0 cm³/mol. The Morgan fingerprint density at radius 1 is 1.19 bits per heavy atom. The molecule has 0 aromatic heterocycles. The Morgan fingerprint density at radius 3 is 2.52 bits per heavy atom. The molecule has 1 unspecified atom stereocenters. The van der Waals surface area contributed by atoms with Crippen LogP contribution in [0, 0.1) is 13.8 Å². The predicted octanol–water partition coefficient (Wildman–Crippen LogP) is 2.46. The summed E-state index contributed by atoms with van der Waals surface area (Å²) in [6, 6.07) is 5.77. The van der Waals surface area contributed by atoms with Crippen LogP contribution in [0.15, 0.2) is 23.1 Å². The van der Waals surface area contributed by atoms with E-state index >= 15 is 0 Å². The van der Waals surface area contributed by atoms with Crippen LogP contribution in [-0.2, 0) is 10.0 Å². The molecule has 0 amide bonds. The molecule has 5 heteroatoms. The van der Waals surface area contributed by atoms with Gasteiger partial charge in [0.25, 0.3) is 0 Å². The molecule has 1 N–H and O–H groups in total. The first-order valence-corrected chi connectivity index (χ1v) is 9.19. The van der Waals surface area contributed by atoms with E-state index in [-0.39, 0.29) is 6.04 Å². The highest BCUT2D eigenvalue weighted by Crippen LogP contribution is 2.17. The largest absolute Gasteiger partial charge is 0.299 e. The van der Waals surface area contributed by atoms with Crippen molar-refractivity contribution in [3.05, 3.63) is 29.3 Å². The maximum atomic E-state index is 12.5. The van der Waals surface area contributed by atoms with Gasteiger partial charge in [0, 0.05) is 12.6 Å². The molecule has 1 fully saturated rings. The van der Waals surface area contributed by atoms with Crippen LogP contribution in [0.5, 0.6) is 0 Å². The first-order chi connectivity index (χ1) is 9.90. The van der Waals surface area contributed by atoms with Gasteiger partial charge in [-0.1, -0.05) is 18.6 Å². The smallest absolute Gasteiger partial charge is 0.240 e. The third-order valence-electron chi connectivity index (χ3n) is 4.22. The topological polar surface area (TPSA) is 49.4 Å². The van der Waals surface area contributed by atoms with Crippen molar-refractivity contribution in [2.24, 2.45) is 0 Å². The highest BCUT2D eigenvalue weighted by Gasteiger charge is 2.21. The molecule has 0 aliphatic carbocycles. The SMILES string of the molecule is Cc1ccc(C)c(S(=O)(=O)NCC(C)N2CCCCC2)c1. The summed E-state index contributed by atoms with van der Waals surface area (Å²) in [4.78, 5) is 2.77. The molecule has 1 atom stereocenters. The van der Waals surface area contributed by atoms with E-state index in [0.717, 1.165) is 24.2 Å². The monoisotopic (exact) mass is 310 g/mol. The zero-order valence-electron chi connectivity index (χ0n) is 13.2. The summed E-state index contributed by atoms with van der Waals surface area (Å²) in [5.41, 5.74) is 1.75. The number of aryl methyl sites for hydroxylation is 2. The van der Waals surface area contributed by atoms with Gasteiger partial charge in [-0.25, -0.2) is 13.1 Å². The number of likely N-dealkylation sites (tertiary alicyclic amines) is 1. The van der Waals surface area contributed by atoms with E-state index in [1.807, 2.05) is 26.0 Å². The Kier molecular flexibility index (Phi) is 5.41. The standard InChI is InChI=1S/C16H26N2O2S/c1-13-7-8-14(2)16(11-13)21(19,20)17-12-15(3)18-9-5-4-6-10-18/h7-8,11,15,17H,4-6,9-10,12H2,1-3H3. The number of nitrogens with zero attached hydrogens (tertiary/aromatic N) is 1. The first-order valence-electron chi connectivity index (χ1n) is 7.71. The summed E-state index contributed by atoms with van der Waals surface area (Å²) in [6.45, 7) is 8.46. The second-order valence-corrected chi connectivity index (χ2v) is 7.80. The van der Waals surface area contributed by atoms with Crippen molar-refractivity contribution in [2.75, 3.05) is 19.6 Å². The minimum atomic E-state index is -3.42. The third kappa shape index (κ3) is 4.28. The number of piperidine rings is 1. The van der Waals surface area contributed by atoms with Crippen LogP contribution < -0.4 is 4.72 Å². The highest BCUT2D eigenvalue weighted by molar-refractivity contribution is 7.89. The summed E-state index contributed by atoms with van der Waals surface area (Å²) in [6.07, 6.45) is 3.72. The molecular weight excluding hydrogens is 284 g/mol. The van der Waals surface area contributed by atoms with Crippen LogP contribution in [-0.4, -0.2) is 39.0 Å². The maximum absolute atomic E-state index is 12.5. The zero-order chi connectivity index (χ0) is 15.5. The average molecular weight is 310 g/mol. The molecule has 0 radical (unpaired) electrons. The van der Waals surface area contributed by atoms with E-state index in [0.29, 0.717) is 11.4 Å². The van der Waals surface area contributed by atoms with Crippen LogP contribution in [0.3, 0.4) is 0 Å². The molecule has 118 valence electrons. The second kappa shape index (κ2) is 6.90. The lowest BCUT2D eigenvalue weighted by molar-refractivity contribution is 0.175. The van der Waals surface area contributed by atoms with Gasteiger partial charge in [-0.2, -0.15) is 0 Å². The van der Waals surface area contributed by atoms with Gasteiger partial charge in [-0.15, -0.1) is 0 Å². The first kappa shape index (κ1) is 16.5. The zero-order valence-corrected chi connectivity index (χ0v) is 14.0. The van der Waals surface area contributed by atoms with Crippen molar-refractivity contribution in [1.82, 2.24) is 9.62 Å². The molecule has 1 aliphatic rings. The Labute approximate surface area is 128 Å². The summed E-state index contributed by atoms with van der Waals surface area (Å²) >= 11 is 0. The average Bonchev–Trinajstić information content (AvgIpc) is 2.48. The van der Waals surface area contributed by atoms with Crippen molar-refractivity contribution in [2.45, 2.75) is 51.0 Å². The molecule has 21 heavy (non-hydrogen) atoms.